The highest BCUT2D eigenvalue weighted by Gasteiger charge is 2.21. The molecule has 0 saturated carbocycles. The molecular formula is C9H18N2S. The van der Waals surface area contributed by atoms with Gasteiger partial charge in [0.15, 0.2) is 0 Å². The molecule has 0 aliphatic carbocycles. The second-order valence-corrected chi connectivity index (χ2v) is 4.28. The molecule has 1 fully saturated rings. The van der Waals surface area contributed by atoms with Crippen LogP contribution in [0.5, 0.6) is 0 Å². The van der Waals surface area contributed by atoms with E-state index in [2.05, 4.69) is 18.7 Å². The van der Waals surface area contributed by atoms with Crippen LogP contribution in [-0.4, -0.2) is 29.0 Å². The average Bonchev–Trinajstić information content (AvgIpc) is 2.04. The number of rotatable bonds is 2. The zero-order chi connectivity index (χ0) is 9.14. The fourth-order valence-corrected chi connectivity index (χ4v) is 1.94. The molecule has 2 nitrogen and oxygen atoms in total. The first-order valence-electron chi connectivity index (χ1n) is 4.64. The molecule has 0 amide bonds. The van der Waals surface area contributed by atoms with Crippen molar-refractivity contribution in [3.05, 3.63) is 0 Å². The Morgan fingerprint density at radius 1 is 1.42 bits per heavy atom. The molecule has 0 radical (unpaired) electrons. The number of thiocarbonyl (C=S) groups is 1. The van der Waals surface area contributed by atoms with Crippen molar-refractivity contribution >= 4 is 17.2 Å². The quantitative estimate of drug-likeness (QED) is 0.661. The zero-order valence-corrected chi connectivity index (χ0v) is 8.73. The molecule has 1 aliphatic rings. The SMILES string of the molecule is CC(C)N1CCC(C(N)=S)CC1. The van der Waals surface area contributed by atoms with Crippen LogP contribution in [0.25, 0.3) is 0 Å². The van der Waals surface area contributed by atoms with Crippen molar-refractivity contribution in [2.45, 2.75) is 32.7 Å². The minimum atomic E-state index is 0.495. The van der Waals surface area contributed by atoms with Crippen LogP contribution in [0.2, 0.25) is 0 Å². The number of likely N-dealkylation sites (tertiary alicyclic amines) is 1. The number of piperidine rings is 1. The fraction of sp³-hybridized carbons (Fsp3) is 0.889. The molecule has 0 aromatic rings. The van der Waals surface area contributed by atoms with E-state index in [0.29, 0.717) is 16.9 Å². The molecule has 1 saturated heterocycles. The van der Waals surface area contributed by atoms with Gasteiger partial charge in [-0.15, -0.1) is 0 Å². The highest BCUT2D eigenvalue weighted by atomic mass is 32.1. The van der Waals surface area contributed by atoms with E-state index in [1.807, 2.05) is 0 Å². The van der Waals surface area contributed by atoms with Crippen molar-refractivity contribution < 1.29 is 0 Å². The van der Waals surface area contributed by atoms with Gasteiger partial charge in [0.1, 0.15) is 0 Å². The Kier molecular flexibility index (Phi) is 3.47. The maximum Gasteiger partial charge on any atom is 0.0759 e. The summed E-state index contributed by atoms with van der Waals surface area (Å²) < 4.78 is 0. The lowest BCUT2D eigenvalue weighted by Gasteiger charge is -2.34. The van der Waals surface area contributed by atoms with Crippen LogP contribution >= 0.6 is 12.2 Å². The van der Waals surface area contributed by atoms with E-state index in [1.165, 1.54) is 0 Å². The highest BCUT2D eigenvalue weighted by Crippen LogP contribution is 2.18. The van der Waals surface area contributed by atoms with Crippen molar-refractivity contribution in [1.82, 2.24) is 4.90 Å². The molecule has 1 aliphatic heterocycles. The molecule has 0 spiro atoms. The number of nitrogens with two attached hydrogens (primary N) is 1. The monoisotopic (exact) mass is 186 g/mol. The van der Waals surface area contributed by atoms with Gasteiger partial charge in [-0.1, -0.05) is 12.2 Å². The van der Waals surface area contributed by atoms with E-state index in [1.54, 1.807) is 0 Å². The zero-order valence-electron chi connectivity index (χ0n) is 7.92. The van der Waals surface area contributed by atoms with Gasteiger partial charge in [-0.3, -0.25) is 0 Å². The largest absolute Gasteiger partial charge is 0.393 e. The van der Waals surface area contributed by atoms with E-state index >= 15 is 0 Å². The molecule has 70 valence electrons. The van der Waals surface area contributed by atoms with E-state index in [0.717, 1.165) is 25.9 Å². The van der Waals surface area contributed by atoms with Crippen molar-refractivity contribution in [3.8, 4) is 0 Å². The van der Waals surface area contributed by atoms with Crippen molar-refractivity contribution in [2.75, 3.05) is 13.1 Å². The van der Waals surface area contributed by atoms with Gasteiger partial charge in [-0.05, 0) is 39.8 Å². The third kappa shape index (κ3) is 2.42. The number of hydrogen-bond acceptors (Lipinski definition) is 2. The van der Waals surface area contributed by atoms with Crippen LogP contribution in [0.15, 0.2) is 0 Å². The van der Waals surface area contributed by atoms with Gasteiger partial charge in [0.2, 0.25) is 0 Å². The highest BCUT2D eigenvalue weighted by molar-refractivity contribution is 7.80. The minimum absolute atomic E-state index is 0.495. The first kappa shape index (κ1) is 9.93. The molecule has 0 bridgehead atoms. The summed E-state index contributed by atoms with van der Waals surface area (Å²) in [6.45, 7) is 6.78. The van der Waals surface area contributed by atoms with Crippen LogP contribution in [0.4, 0.5) is 0 Å². The Morgan fingerprint density at radius 2 is 1.92 bits per heavy atom. The van der Waals surface area contributed by atoms with E-state index < -0.39 is 0 Å². The smallest absolute Gasteiger partial charge is 0.0759 e. The Balaban J connectivity index is 2.34. The van der Waals surface area contributed by atoms with Gasteiger partial charge in [0.05, 0.1) is 4.99 Å². The maximum atomic E-state index is 5.60. The van der Waals surface area contributed by atoms with Crippen LogP contribution in [0.1, 0.15) is 26.7 Å². The summed E-state index contributed by atoms with van der Waals surface area (Å²) in [6, 6.07) is 0.664. The van der Waals surface area contributed by atoms with Gasteiger partial charge in [0, 0.05) is 12.0 Å². The van der Waals surface area contributed by atoms with Crippen molar-refractivity contribution in [2.24, 2.45) is 11.7 Å². The molecule has 0 unspecified atom stereocenters. The second kappa shape index (κ2) is 4.19. The topological polar surface area (TPSA) is 29.3 Å². The van der Waals surface area contributed by atoms with Crippen LogP contribution in [-0.2, 0) is 0 Å². The van der Waals surface area contributed by atoms with E-state index in [-0.39, 0.29) is 0 Å². The summed E-state index contributed by atoms with van der Waals surface area (Å²) in [4.78, 5) is 3.19. The van der Waals surface area contributed by atoms with Crippen molar-refractivity contribution in [3.63, 3.8) is 0 Å². The molecule has 1 heterocycles. The molecule has 3 heteroatoms. The Morgan fingerprint density at radius 3 is 2.25 bits per heavy atom. The maximum absolute atomic E-state index is 5.60. The lowest BCUT2D eigenvalue weighted by molar-refractivity contribution is 0.170. The molecule has 12 heavy (non-hydrogen) atoms. The lowest BCUT2D eigenvalue weighted by Crippen LogP contribution is -2.41. The van der Waals surface area contributed by atoms with Gasteiger partial charge >= 0.3 is 0 Å². The van der Waals surface area contributed by atoms with Crippen LogP contribution in [0.3, 0.4) is 0 Å². The minimum Gasteiger partial charge on any atom is -0.393 e. The number of hydrogen-bond donors (Lipinski definition) is 1. The standard InChI is InChI=1S/C9H18N2S/c1-7(2)11-5-3-8(4-6-11)9(10)12/h7-8H,3-6H2,1-2H3,(H2,10,12). The van der Waals surface area contributed by atoms with Gasteiger partial charge in [-0.2, -0.15) is 0 Å². The third-order valence-electron chi connectivity index (χ3n) is 2.66. The summed E-state index contributed by atoms with van der Waals surface area (Å²) in [5.74, 6) is 0.495. The number of nitrogens with zero attached hydrogens (tertiary/aromatic N) is 1. The van der Waals surface area contributed by atoms with E-state index in [9.17, 15) is 0 Å². The predicted molar refractivity (Wildman–Crippen MR) is 56.2 cm³/mol. The second-order valence-electron chi connectivity index (χ2n) is 3.81. The summed E-state index contributed by atoms with van der Waals surface area (Å²) in [6.07, 6.45) is 2.29. The molecule has 1 rings (SSSR count). The van der Waals surface area contributed by atoms with Crippen LogP contribution in [0, 0.1) is 5.92 Å². The molecule has 0 aromatic heterocycles. The summed E-state index contributed by atoms with van der Waals surface area (Å²) in [7, 11) is 0. The first-order valence-corrected chi connectivity index (χ1v) is 5.05. The summed E-state index contributed by atoms with van der Waals surface area (Å²) in [5, 5.41) is 0. The summed E-state index contributed by atoms with van der Waals surface area (Å²) in [5.41, 5.74) is 5.60. The molecular weight excluding hydrogens is 168 g/mol. The molecule has 0 aromatic carbocycles. The van der Waals surface area contributed by atoms with Crippen molar-refractivity contribution in [1.29, 1.82) is 0 Å². The first-order chi connectivity index (χ1) is 5.61. The van der Waals surface area contributed by atoms with Gasteiger partial charge in [0.25, 0.3) is 0 Å². The Labute approximate surface area is 80.1 Å². The third-order valence-corrected chi connectivity index (χ3v) is 3.00. The summed E-state index contributed by atoms with van der Waals surface area (Å²) >= 11 is 4.98. The van der Waals surface area contributed by atoms with Crippen LogP contribution < -0.4 is 5.73 Å². The predicted octanol–water partition coefficient (Wildman–Crippen LogP) is 1.39. The van der Waals surface area contributed by atoms with Gasteiger partial charge < -0.3 is 10.6 Å². The lowest BCUT2D eigenvalue weighted by atomic mass is 9.96. The Hall–Kier alpha value is -0.150. The molecule has 2 N–H and O–H groups in total. The van der Waals surface area contributed by atoms with E-state index in [4.69, 9.17) is 18.0 Å². The molecule has 0 atom stereocenters. The normalized spacial score (nSPS) is 21.6. The Bertz CT molecular complexity index is 160. The fourth-order valence-electron chi connectivity index (χ4n) is 1.70. The van der Waals surface area contributed by atoms with Gasteiger partial charge in [-0.25, -0.2) is 0 Å². The average molecular weight is 186 g/mol.